The van der Waals surface area contributed by atoms with Crippen molar-refractivity contribution in [2.75, 3.05) is 11.9 Å². The summed E-state index contributed by atoms with van der Waals surface area (Å²) < 4.78 is 31.2. The van der Waals surface area contributed by atoms with Crippen LogP contribution in [0.5, 0.6) is 0 Å². The largest absolute Gasteiger partial charge is 0.319 e. The van der Waals surface area contributed by atoms with E-state index in [4.69, 9.17) is 4.55 Å². The van der Waals surface area contributed by atoms with E-state index in [-0.39, 0.29) is 0 Å². The van der Waals surface area contributed by atoms with Crippen LogP contribution in [0.15, 0.2) is 91.0 Å². The molecule has 6 heteroatoms. The monoisotopic (exact) mass is 417 g/mol. The van der Waals surface area contributed by atoms with Crippen molar-refractivity contribution in [2.45, 2.75) is 6.42 Å². The summed E-state index contributed by atoms with van der Waals surface area (Å²) in [5.74, 6) is 0.368. The van der Waals surface area contributed by atoms with Crippen LogP contribution in [0.1, 0.15) is 6.42 Å². The van der Waals surface area contributed by atoms with Gasteiger partial charge in [-0.1, -0.05) is 54.6 Å². The van der Waals surface area contributed by atoms with E-state index in [0.717, 1.165) is 6.16 Å². The van der Waals surface area contributed by atoms with Crippen LogP contribution in [-0.2, 0) is 9.15 Å². The zero-order valence-electron chi connectivity index (χ0n) is 14.8. The number of hydrogen-bond acceptors (Lipinski definition) is 3. The van der Waals surface area contributed by atoms with Gasteiger partial charge in [-0.25, -0.2) is 0 Å². The molecule has 0 aliphatic rings. The van der Waals surface area contributed by atoms with Gasteiger partial charge >= 0.3 is 9.15 Å². The Hall–Kier alpha value is -1.65. The fourth-order valence-electron chi connectivity index (χ4n) is 3.35. The molecule has 0 atom stereocenters. The smallest absolute Gasteiger partial charge is 0.277 e. The molecule has 0 spiro atoms. The van der Waals surface area contributed by atoms with Crippen molar-refractivity contribution in [2.24, 2.45) is 0 Å². The van der Waals surface area contributed by atoms with Crippen molar-refractivity contribution in [1.82, 2.24) is 0 Å². The molecule has 3 aromatic carbocycles. The van der Waals surface area contributed by atoms with E-state index in [0.29, 0.717) is 23.0 Å². The Labute approximate surface area is 165 Å². The minimum absolute atomic E-state index is 0.368. The summed E-state index contributed by atoms with van der Waals surface area (Å²) >= 11 is 0. The van der Waals surface area contributed by atoms with Gasteiger partial charge < -0.3 is 0 Å². The average molecular weight is 418 g/mol. The van der Waals surface area contributed by atoms with Crippen molar-refractivity contribution in [3.63, 3.8) is 0 Å². The standard InChI is InChI=1S/C21H21O3PS2/c22-27(23,24)26-18-10-17-25(19-11-4-1-5-12-19,20-13-6-2-7-14-20)21-15-8-3-9-16-21/h1-9,11-16H,10,17-18H2/p+1. The van der Waals surface area contributed by atoms with Gasteiger partial charge in [0.2, 0.25) is 0 Å². The first kappa shape index (κ1) is 20.1. The molecule has 3 rings (SSSR count). The second kappa shape index (κ2) is 9.03. The van der Waals surface area contributed by atoms with E-state index < -0.39 is 16.4 Å². The van der Waals surface area contributed by atoms with Crippen LogP contribution >= 0.6 is 18.1 Å². The highest BCUT2D eigenvalue weighted by Gasteiger charge is 2.44. The maximum atomic E-state index is 11.1. The van der Waals surface area contributed by atoms with E-state index in [2.05, 4.69) is 72.8 Å². The van der Waals surface area contributed by atoms with Gasteiger partial charge in [0, 0.05) is 5.75 Å². The molecule has 0 aliphatic heterocycles. The van der Waals surface area contributed by atoms with Gasteiger partial charge in [-0.2, -0.15) is 8.42 Å². The summed E-state index contributed by atoms with van der Waals surface area (Å²) in [6, 6.07) is 31.4. The molecular formula is C21H22O3PS2+. The van der Waals surface area contributed by atoms with E-state index >= 15 is 0 Å². The van der Waals surface area contributed by atoms with Gasteiger partial charge in [-0.15, -0.1) is 0 Å². The molecule has 0 aromatic heterocycles. The van der Waals surface area contributed by atoms with Crippen molar-refractivity contribution in [1.29, 1.82) is 0 Å². The van der Waals surface area contributed by atoms with Crippen LogP contribution < -0.4 is 15.9 Å². The summed E-state index contributed by atoms with van der Waals surface area (Å²) in [5, 5.41) is 3.83. The zero-order chi connectivity index (χ0) is 19.2. The third-order valence-electron chi connectivity index (χ3n) is 4.46. The Balaban J connectivity index is 2.08. The van der Waals surface area contributed by atoms with E-state index in [1.165, 1.54) is 15.9 Å². The average Bonchev–Trinajstić information content (AvgIpc) is 2.70. The predicted molar refractivity (Wildman–Crippen MR) is 119 cm³/mol. The molecule has 0 saturated heterocycles. The van der Waals surface area contributed by atoms with E-state index in [9.17, 15) is 8.42 Å². The third kappa shape index (κ3) is 4.99. The Morgan fingerprint density at radius 2 is 1.07 bits per heavy atom. The minimum Gasteiger partial charge on any atom is -0.277 e. The fraction of sp³-hybridized carbons (Fsp3) is 0.143. The molecule has 0 heterocycles. The van der Waals surface area contributed by atoms with Crippen LogP contribution in [0.4, 0.5) is 0 Å². The van der Waals surface area contributed by atoms with Gasteiger partial charge in [-0.05, 0) is 53.6 Å². The first-order valence-corrected chi connectivity index (χ1v) is 13.6. The summed E-state index contributed by atoms with van der Waals surface area (Å²) in [4.78, 5) is 0. The molecule has 0 unspecified atom stereocenters. The second-order valence-corrected chi connectivity index (χ2v) is 13.2. The molecule has 0 amide bonds. The molecular weight excluding hydrogens is 395 g/mol. The third-order valence-corrected chi connectivity index (χ3v) is 11.1. The Morgan fingerprint density at radius 3 is 1.41 bits per heavy atom. The summed E-state index contributed by atoms with van der Waals surface area (Å²) in [6.45, 7) is 0. The SMILES string of the molecule is O=S(=O)(O)SCCC[P+](c1ccccc1)(c1ccccc1)c1ccccc1. The van der Waals surface area contributed by atoms with Gasteiger partial charge in [0.1, 0.15) is 23.2 Å². The molecule has 0 saturated carbocycles. The van der Waals surface area contributed by atoms with Gasteiger partial charge in [0.25, 0.3) is 0 Å². The fourth-order valence-corrected chi connectivity index (χ4v) is 9.36. The van der Waals surface area contributed by atoms with Crippen molar-refractivity contribution >= 4 is 43.1 Å². The van der Waals surface area contributed by atoms with Gasteiger partial charge in [0.05, 0.1) is 6.16 Å². The first-order valence-electron chi connectivity index (χ1n) is 8.69. The quantitative estimate of drug-likeness (QED) is 0.261. The number of hydrogen-bond donors (Lipinski definition) is 1. The van der Waals surface area contributed by atoms with Crippen LogP contribution in [0, 0.1) is 0 Å². The van der Waals surface area contributed by atoms with Crippen LogP contribution in [0.2, 0.25) is 0 Å². The molecule has 3 nitrogen and oxygen atoms in total. The van der Waals surface area contributed by atoms with E-state index in [1.54, 1.807) is 0 Å². The highest BCUT2D eigenvalue weighted by Crippen LogP contribution is 2.55. The van der Waals surface area contributed by atoms with Gasteiger partial charge in [-0.3, -0.25) is 4.55 Å². The minimum atomic E-state index is -4.01. The maximum absolute atomic E-state index is 11.1. The summed E-state index contributed by atoms with van der Waals surface area (Å²) in [5.41, 5.74) is 0. The molecule has 140 valence electrons. The van der Waals surface area contributed by atoms with Crippen LogP contribution in [-0.4, -0.2) is 24.9 Å². The maximum Gasteiger partial charge on any atom is 0.319 e. The van der Waals surface area contributed by atoms with Crippen LogP contribution in [0.25, 0.3) is 0 Å². The molecule has 0 radical (unpaired) electrons. The van der Waals surface area contributed by atoms with Crippen molar-refractivity contribution in [3.8, 4) is 0 Å². The second-order valence-electron chi connectivity index (χ2n) is 6.14. The molecule has 27 heavy (non-hydrogen) atoms. The topological polar surface area (TPSA) is 54.4 Å². The zero-order valence-corrected chi connectivity index (χ0v) is 17.3. The Morgan fingerprint density at radius 1 is 0.704 bits per heavy atom. The summed E-state index contributed by atoms with van der Waals surface area (Å²) in [6.07, 6.45) is 1.53. The van der Waals surface area contributed by atoms with Crippen LogP contribution in [0.3, 0.4) is 0 Å². The number of benzene rings is 3. The molecule has 3 aromatic rings. The predicted octanol–water partition coefficient (Wildman–Crippen LogP) is 3.91. The normalized spacial score (nSPS) is 12.0. The lowest BCUT2D eigenvalue weighted by molar-refractivity contribution is 0.503. The lowest BCUT2D eigenvalue weighted by atomic mass is 10.4. The number of rotatable bonds is 8. The highest BCUT2D eigenvalue weighted by molar-refractivity contribution is 8.69. The molecule has 0 aliphatic carbocycles. The van der Waals surface area contributed by atoms with Crippen molar-refractivity contribution in [3.05, 3.63) is 91.0 Å². The molecule has 0 bridgehead atoms. The lowest BCUT2D eigenvalue weighted by Gasteiger charge is -2.27. The first-order chi connectivity index (χ1) is 13.0. The van der Waals surface area contributed by atoms with E-state index in [1.807, 2.05) is 18.2 Å². The highest BCUT2D eigenvalue weighted by atomic mass is 33.1. The Bertz CT molecular complexity index is 850. The van der Waals surface area contributed by atoms with Gasteiger partial charge in [0.15, 0.2) is 0 Å². The van der Waals surface area contributed by atoms with Crippen molar-refractivity contribution < 1.29 is 13.0 Å². The lowest BCUT2D eigenvalue weighted by Crippen LogP contribution is -2.33. The molecule has 1 N–H and O–H groups in total. The summed E-state index contributed by atoms with van der Waals surface area (Å²) in [7, 11) is -5.33. The Kier molecular flexibility index (Phi) is 6.72. The molecule has 0 fully saturated rings.